The van der Waals surface area contributed by atoms with E-state index in [1.807, 2.05) is 32.9 Å². The average Bonchev–Trinajstić information content (AvgIpc) is 3.32. The predicted octanol–water partition coefficient (Wildman–Crippen LogP) is 4.30. The maximum absolute atomic E-state index is 12.7. The Morgan fingerprint density at radius 2 is 1.89 bits per heavy atom. The molecule has 3 unspecified atom stereocenters. The van der Waals surface area contributed by atoms with Crippen molar-refractivity contribution in [3.05, 3.63) is 34.9 Å². The van der Waals surface area contributed by atoms with Crippen molar-refractivity contribution in [2.75, 3.05) is 39.3 Å². The third kappa shape index (κ3) is 9.10. The number of piperazine rings is 1. The van der Waals surface area contributed by atoms with Gasteiger partial charge in [-0.1, -0.05) is 54.0 Å². The Morgan fingerprint density at radius 1 is 1.22 bits per heavy atom. The quantitative estimate of drug-likeness (QED) is 0.471. The summed E-state index contributed by atoms with van der Waals surface area (Å²) in [6, 6.07) is 7.62. The summed E-state index contributed by atoms with van der Waals surface area (Å²) in [5, 5.41) is 18.3. The van der Waals surface area contributed by atoms with E-state index in [0.29, 0.717) is 30.7 Å². The third-order valence-corrected chi connectivity index (χ3v) is 6.76. The van der Waals surface area contributed by atoms with Gasteiger partial charge in [-0.3, -0.25) is 14.6 Å². The largest absolute Gasteiger partial charge is 0.478 e. The molecule has 8 nitrogen and oxygen atoms in total. The van der Waals surface area contributed by atoms with Crippen LogP contribution in [0.2, 0.25) is 0 Å². The molecule has 37 heavy (non-hydrogen) atoms. The molecule has 3 N–H and O–H groups in total. The molecule has 0 saturated carbocycles. The molecule has 0 aromatic heterocycles. The Morgan fingerprint density at radius 3 is 2.46 bits per heavy atom. The van der Waals surface area contributed by atoms with Crippen LogP contribution >= 0.6 is 0 Å². The Balaban J connectivity index is 0.00000127. The van der Waals surface area contributed by atoms with Crippen LogP contribution in [0.5, 0.6) is 0 Å². The second-order valence-corrected chi connectivity index (χ2v) is 9.56. The van der Waals surface area contributed by atoms with Crippen molar-refractivity contribution < 1.29 is 14.7 Å². The van der Waals surface area contributed by atoms with Gasteiger partial charge in [0.15, 0.2) is 0 Å². The van der Waals surface area contributed by atoms with Crippen molar-refractivity contribution in [1.82, 2.24) is 14.7 Å². The zero-order chi connectivity index (χ0) is 28.0. The average molecular weight is 516 g/mol. The van der Waals surface area contributed by atoms with Gasteiger partial charge in [0, 0.05) is 44.8 Å². The van der Waals surface area contributed by atoms with Crippen LogP contribution in [0, 0.1) is 11.3 Å². The molecule has 8 heteroatoms. The summed E-state index contributed by atoms with van der Waals surface area (Å²) < 4.78 is 0. The molecule has 2 aliphatic rings. The van der Waals surface area contributed by atoms with Crippen molar-refractivity contribution in [1.29, 1.82) is 5.26 Å². The second kappa shape index (κ2) is 17.1. The lowest BCUT2D eigenvalue weighted by molar-refractivity contribution is -0.132. The van der Waals surface area contributed by atoms with Crippen LogP contribution < -0.4 is 5.73 Å². The van der Waals surface area contributed by atoms with E-state index in [4.69, 9.17) is 11.0 Å². The number of hydrogen-bond acceptors (Lipinski definition) is 6. The number of nitrogens with two attached hydrogens (primary N) is 1. The summed E-state index contributed by atoms with van der Waals surface area (Å²) in [7, 11) is 0. The smallest absolute Gasteiger partial charge is 0.335 e. The summed E-state index contributed by atoms with van der Waals surface area (Å²) in [5.41, 5.74) is 9.00. The number of hydrogen-bond donors (Lipinski definition) is 2. The zero-order valence-electron chi connectivity index (χ0n) is 23.9. The lowest BCUT2D eigenvalue weighted by Gasteiger charge is -2.45. The first kappa shape index (κ1) is 32.6. The number of benzene rings is 1. The maximum Gasteiger partial charge on any atom is 0.335 e. The molecule has 1 amide bonds. The van der Waals surface area contributed by atoms with Gasteiger partial charge in [-0.2, -0.15) is 5.26 Å². The van der Waals surface area contributed by atoms with Crippen molar-refractivity contribution in [3.63, 3.8) is 0 Å². The fraction of sp³-hybridized carbons (Fsp3) is 0.690. The van der Waals surface area contributed by atoms with Gasteiger partial charge in [-0.05, 0) is 48.9 Å². The summed E-state index contributed by atoms with van der Waals surface area (Å²) in [6.45, 7) is 16.1. The highest BCUT2D eigenvalue weighted by atomic mass is 16.4. The van der Waals surface area contributed by atoms with Crippen LogP contribution in [-0.4, -0.2) is 83.0 Å². The number of rotatable bonds is 9. The summed E-state index contributed by atoms with van der Waals surface area (Å²) in [4.78, 5) is 30.4. The standard InChI is InChI=1S/C24H35N5O3.C3H8.C2H6/c1-3-10-28(11-9-25)23(30)21(26)16-27-12-13-29(19(4-2)15-27)22-8-6-17-14-18(24(31)32)5-7-20(17)22;1-3-2;1-2/h5,7,14,19,21-22H,3-4,6,8,10-13,15-16,26H2,1-2H3,(H,31,32);3H2,1-2H3;1-2H3. The molecular formula is C29H49N5O3. The highest BCUT2D eigenvalue weighted by Crippen LogP contribution is 2.38. The molecule has 1 aliphatic carbocycles. The number of aromatic carboxylic acids is 1. The van der Waals surface area contributed by atoms with Gasteiger partial charge in [0.1, 0.15) is 6.54 Å². The number of nitrogens with zero attached hydrogens (tertiary/aromatic N) is 4. The fourth-order valence-corrected chi connectivity index (χ4v) is 5.16. The van der Waals surface area contributed by atoms with Gasteiger partial charge in [-0.15, -0.1) is 0 Å². The molecule has 1 heterocycles. The number of aryl methyl sites for hydroxylation is 1. The molecule has 3 atom stereocenters. The van der Waals surface area contributed by atoms with Crippen LogP contribution in [0.25, 0.3) is 0 Å². The second-order valence-electron chi connectivity index (χ2n) is 9.56. The van der Waals surface area contributed by atoms with Gasteiger partial charge in [0.2, 0.25) is 5.91 Å². The lowest BCUT2D eigenvalue weighted by Crippen LogP contribution is -2.57. The van der Waals surface area contributed by atoms with Crippen LogP contribution in [-0.2, 0) is 11.2 Å². The molecular weight excluding hydrogens is 466 g/mol. The maximum atomic E-state index is 12.7. The van der Waals surface area contributed by atoms with Crippen molar-refractivity contribution in [2.24, 2.45) is 5.73 Å². The Hall–Kier alpha value is -2.47. The molecule has 1 aromatic rings. The molecule has 1 fully saturated rings. The lowest BCUT2D eigenvalue weighted by atomic mass is 10.00. The zero-order valence-corrected chi connectivity index (χ0v) is 23.9. The molecule has 208 valence electrons. The van der Waals surface area contributed by atoms with Gasteiger partial charge in [-0.25, -0.2) is 4.79 Å². The monoisotopic (exact) mass is 515 g/mol. The first-order valence-electron chi connectivity index (χ1n) is 14.1. The molecule has 1 saturated heterocycles. The van der Waals surface area contributed by atoms with Gasteiger partial charge >= 0.3 is 5.97 Å². The van der Waals surface area contributed by atoms with E-state index in [0.717, 1.165) is 50.9 Å². The number of carbonyl (C=O) groups is 2. The normalized spacial score (nSPS) is 19.8. The minimum atomic E-state index is -0.880. The van der Waals surface area contributed by atoms with Crippen LogP contribution in [0.4, 0.5) is 0 Å². The fourth-order valence-electron chi connectivity index (χ4n) is 5.16. The number of nitriles is 1. The SMILES string of the molecule is CC.CCC.CCCN(CC#N)C(=O)C(N)CN1CCN(C2CCc3cc(C(=O)O)ccc32)C(CC)C1. The van der Waals surface area contributed by atoms with Crippen LogP contribution in [0.15, 0.2) is 18.2 Å². The minimum Gasteiger partial charge on any atom is -0.478 e. The Labute approximate surface area is 224 Å². The van der Waals surface area contributed by atoms with E-state index >= 15 is 0 Å². The Bertz CT molecular complexity index is 885. The molecule has 1 aromatic carbocycles. The number of fused-ring (bicyclic) bond motifs is 1. The molecule has 1 aliphatic heterocycles. The van der Waals surface area contributed by atoms with E-state index in [-0.39, 0.29) is 12.5 Å². The van der Waals surface area contributed by atoms with E-state index in [1.165, 1.54) is 12.0 Å². The highest BCUT2D eigenvalue weighted by Gasteiger charge is 2.36. The third-order valence-electron chi connectivity index (χ3n) is 6.76. The van der Waals surface area contributed by atoms with E-state index < -0.39 is 12.0 Å². The Kier molecular flexibility index (Phi) is 15.1. The first-order chi connectivity index (χ1) is 17.8. The van der Waals surface area contributed by atoms with Gasteiger partial charge < -0.3 is 15.7 Å². The number of amides is 1. The van der Waals surface area contributed by atoms with Crippen molar-refractivity contribution >= 4 is 11.9 Å². The van der Waals surface area contributed by atoms with Gasteiger partial charge in [0.05, 0.1) is 17.7 Å². The number of carboxylic acid groups (broad SMARTS) is 1. The van der Waals surface area contributed by atoms with Crippen LogP contribution in [0.1, 0.15) is 94.8 Å². The van der Waals surface area contributed by atoms with E-state index in [2.05, 4.69) is 36.6 Å². The summed E-state index contributed by atoms with van der Waals surface area (Å²) in [5.74, 6) is -1.03. The number of carboxylic acids is 1. The molecule has 0 spiro atoms. The van der Waals surface area contributed by atoms with E-state index in [9.17, 15) is 14.7 Å². The van der Waals surface area contributed by atoms with Crippen molar-refractivity contribution in [3.8, 4) is 6.07 Å². The first-order valence-corrected chi connectivity index (χ1v) is 14.1. The topological polar surface area (TPSA) is 114 Å². The van der Waals surface area contributed by atoms with Crippen LogP contribution in [0.3, 0.4) is 0 Å². The predicted molar refractivity (Wildman–Crippen MR) is 149 cm³/mol. The summed E-state index contributed by atoms with van der Waals surface area (Å²) in [6.07, 6.45) is 4.96. The van der Waals surface area contributed by atoms with E-state index in [1.54, 1.807) is 11.0 Å². The molecule has 3 rings (SSSR count). The molecule has 0 bridgehead atoms. The highest BCUT2D eigenvalue weighted by molar-refractivity contribution is 5.88. The molecule has 0 radical (unpaired) electrons. The number of carbonyl (C=O) groups excluding carboxylic acids is 1. The van der Waals surface area contributed by atoms with Gasteiger partial charge in [0.25, 0.3) is 0 Å². The van der Waals surface area contributed by atoms with Crippen molar-refractivity contribution in [2.45, 2.75) is 91.8 Å². The summed E-state index contributed by atoms with van der Waals surface area (Å²) >= 11 is 0. The minimum absolute atomic E-state index is 0.0798.